The Bertz CT molecular complexity index is 572. The Balaban J connectivity index is 2.10. The summed E-state index contributed by atoms with van der Waals surface area (Å²) in [5.41, 5.74) is 0.294. The summed E-state index contributed by atoms with van der Waals surface area (Å²) in [4.78, 5) is 0. The largest absolute Gasteiger partial charge is 0.394 e. The number of benzene rings is 2. The lowest BCUT2D eigenvalue weighted by atomic mass is 9.84. The van der Waals surface area contributed by atoms with Crippen LogP contribution in [0.15, 0.2) is 60.7 Å². The molecular weight excluding hydrogens is 292 g/mol. The van der Waals surface area contributed by atoms with Crippen molar-refractivity contribution in [1.82, 2.24) is 0 Å². The number of hydrogen-bond acceptors (Lipinski definition) is 4. The molecule has 4 heteroatoms. The molecule has 0 aliphatic carbocycles. The lowest BCUT2D eigenvalue weighted by Gasteiger charge is -2.37. The van der Waals surface area contributed by atoms with Gasteiger partial charge in [0.2, 0.25) is 0 Å². The zero-order chi connectivity index (χ0) is 16.7. The third-order valence-electron chi connectivity index (χ3n) is 4.13. The van der Waals surface area contributed by atoms with Crippen LogP contribution in [0.3, 0.4) is 0 Å². The van der Waals surface area contributed by atoms with Gasteiger partial charge in [0.25, 0.3) is 0 Å². The highest BCUT2D eigenvalue weighted by Gasteiger charge is 2.41. The van der Waals surface area contributed by atoms with E-state index in [1.54, 1.807) is 6.92 Å². The molecule has 0 amide bonds. The van der Waals surface area contributed by atoms with Gasteiger partial charge in [-0.25, -0.2) is 0 Å². The van der Waals surface area contributed by atoms with Gasteiger partial charge in [0, 0.05) is 6.42 Å². The molecule has 2 aromatic rings. The maximum absolute atomic E-state index is 10.9. The van der Waals surface area contributed by atoms with Crippen LogP contribution in [0, 0.1) is 0 Å². The van der Waals surface area contributed by atoms with E-state index in [1.807, 2.05) is 60.7 Å². The van der Waals surface area contributed by atoms with E-state index in [9.17, 15) is 15.3 Å². The van der Waals surface area contributed by atoms with Crippen LogP contribution in [0.4, 0.5) is 0 Å². The molecule has 2 aromatic carbocycles. The van der Waals surface area contributed by atoms with Crippen molar-refractivity contribution in [3.8, 4) is 0 Å². The molecule has 4 nitrogen and oxygen atoms in total. The summed E-state index contributed by atoms with van der Waals surface area (Å²) >= 11 is 0. The molecule has 124 valence electrons. The van der Waals surface area contributed by atoms with Gasteiger partial charge < -0.3 is 20.1 Å². The minimum Gasteiger partial charge on any atom is -0.394 e. The van der Waals surface area contributed by atoms with E-state index < -0.39 is 24.4 Å². The minimum absolute atomic E-state index is 0.200. The quantitative estimate of drug-likeness (QED) is 0.696. The molecule has 0 fully saturated rings. The highest BCUT2D eigenvalue weighted by atomic mass is 16.5. The second-order valence-electron chi connectivity index (χ2n) is 5.79. The summed E-state index contributed by atoms with van der Waals surface area (Å²) in [7, 11) is 0. The van der Waals surface area contributed by atoms with Gasteiger partial charge in [0.1, 0.15) is 11.7 Å². The summed E-state index contributed by atoms with van der Waals surface area (Å²) in [6, 6.07) is 19.0. The molecule has 3 N–H and O–H groups in total. The highest BCUT2D eigenvalue weighted by molar-refractivity contribution is 5.19. The predicted octanol–water partition coefficient (Wildman–Crippen LogP) is 1.92. The molecule has 0 aromatic heterocycles. The molecule has 23 heavy (non-hydrogen) atoms. The van der Waals surface area contributed by atoms with E-state index in [4.69, 9.17) is 4.74 Å². The Hall–Kier alpha value is -1.72. The lowest BCUT2D eigenvalue weighted by molar-refractivity contribution is -0.172. The molecule has 0 saturated heterocycles. The Morgan fingerprint density at radius 2 is 1.48 bits per heavy atom. The normalized spacial score (nSPS) is 16.5. The van der Waals surface area contributed by atoms with E-state index in [1.165, 1.54) is 0 Å². The van der Waals surface area contributed by atoms with Crippen molar-refractivity contribution in [2.24, 2.45) is 0 Å². The fourth-order valence-electron chi connectivity index (χ4n) is 2.55. The van der Waals surface area contributed by atoms with Gasteiger partial charge in [-0.15, -0.1) is 0 Å². The average Bonchev–Trinajstić information content (AvgIpc) is 2.60. The van der Waals surface area contributed by atoms with Crippen LogP contribution in [-0.2, 0) is 17.8 Å². The fraction of sp³-hybridized carbons (Fsp3) is 0.368. The van der Waals surface area contributed by atoms with Gasteiger partial charge in [-0.3, -0.25) is 0 Å². The SMILES string of the molecule is C[C@H](OCc1ccccc1)[C@@](O)(Cc1ccccc1)[C@H](O)CO. The Kier molecular flexibility index (Phi) is 6.30. The van der Waals surface area contributed by atoms with Crippen LogP contribution in [0.2, 0.25) is 0 Å². The lowest BCUT2D eigenvalue weighted by Crippen LogP contribution is -2.55. The van der Waals surface area contributed by atoms with Crippen LogP contribution in [0.1, 0.15) is 18.1 Å². The van der Waals surface area contributed by atoms with Gasteiger partial charge in [-0.2, -0.15) is 0 Å². The Morgan fingerprint density at radius 1 is 0.957 bits per heavy atom. The van der Waals surface area contributed by atoms with Gasteiger partial charge in [-0.05, 0) is 18.1 Å². The molecule has 0 aliphatic rings. The van der Waals surface area contributed by atoms with Crippen LogP contribution in [0.5, 0.6) is 0 Å². The zero-order valence-electron chi connectivity index (χ0n) is 13.3. The van der Waals surface area contributed by atoms with Gasteiger partial charge in [-0.1, -0.05) is 60.7 Å². The summed E-state index contributed by atoms with van der Waals surface area (Å²) in [6.07, 6.45) is -1.73. The second kappa shape index (κ2) is 8.22. The molecule has 0 unspecified atom stereocenters. The molecule has 2 rings (SSSR count). The number of aliphatic hydroxyl groups is 3. The van der Waals surface area contributed by atoms with E-state index in [2.05, 4.69) is 0 Å². The van der Waals surface area contributed by atoms with Crippen LogP contribution in [-0.4, -0.2) is 39.7 Å². The minimum atomic E-state index is -1.56. The summed E-state index contributed by atoms with van der Waals surface area (Å²) in [6.45, 7) is 1.52. The van der Waals surface area contributed by atoms with Crippen molar-refractivity contribution < 1.29 is 20.1 Å². The molecule has 3 atom stereocenters. The molecule has 0 bridgehead atoms. The van der Waals surface area contributed by atoms with Crippen molar-refractivity contribution in [1.29, 1.82) is 0 Å². The van der Waals surface area contributed by atoms with E-state index >= 15 is 0 Å². The van der Waals surface area contributed by atoms with Gasteiger partial charge in [0.15, 0.2) is 0 Å². The van der Waals surface area contributed by atoms with Gasteiger partial charge >= 0.3 is 0 Å². The summed E-state index contributed by atoms with van der Waals surface area (Å²) in [5.74, 6) is 0. The first-order chi connectivity index (χ1) is 11.1. The number of rotatable bonds is 8. The first-order valence-corrected chi connectivity index (χ1v) is 7.77. The van der Waals surface area contributed by atoms with Crippen molar-refractivity contribution in [3.05, 3.63) is 71.8 Å². The van der Waals surface area contributed by atoms with E-state index in [-0.39, 0.29) is 6.42 Å². The average molecular weight is 316 g/mol. The highest BCUT2D eigenvalue weighted by Crippen LogP contribution is 2.25. The number of hydrogen-bond donors (Lipinski definition) is 3. The summed E-state index contributed by atoms with van der Waals surface area (Å²) < 4.78 is 5.77. The fourth-order valence-corrected chi connectivity index (χ4v) is 2.55. The molecule has 0 radical (unpaired) electrons. The third kappa shape index (κ3) is 4.62. The molecule has 0 aliphatic heterocycles. The zero-order valence-corrected chi connectivity index (χ0v) is 13.3. The van der Waals surface area contributed by atoms with Crippen molar-refractivity contribution in [2.75, 3.05) is 6.61 Å². The van der Waals surface area contributed by atoms with E-state index in [0.29, 0.717) is 6.61 Å². The first-order valence-electron chi connectivity index (χ1n) is 7.77. The van der Waals surface area contributed by atoms with Crippen molar-refractivity contribution in [2.45, 2.75) is 37.8 Å². The van der Waals surface area contributed by atoms with Crippen LogP contribution >= 0.6 is 0 Å². The number of ether oxygens (including phenoxy) is 1. The smallest absolute Gasteiger partial charge is 0.122 e. The maximum Gasteiger partial charge on any atom is 0.122 e. The number of aliphatic hydroxyl groups excluding tert-OH is 2. The molecule has 0 spiro atoms. The maximum atomic E-state index is 10.9. The summed E-state index contributed by atoms with van der Waals surface area (Å²) in [5, 5.41) is 30.4. The molecular formula is C19H24O4. The Labute approximate surface area is 137 Å². The third-order valence-corrected chi connectivity index (χ3v) is 4.13. The Morgan fingerprint density at radius 3 is 2.00 bits per heavy atom. The standard InChI is InChI=1S/C19H24O4/c1-15(23-14-17-10-6-3-7-11-17)19(22,18(21)13-20)12-16-8-4-2-5-9-16/h2-11,15,18,20-22H,12-14H2,1H3/t15-,18+,19-/m0/s1. The first kappa shape index (κ1) is 17.6. The van der Waals surface area contributed by atoms with Crippen molar-refractivity contribution in [3.63, 3.8) is 0 Å². The topological polar surface area (TPSA) is 69.9 Å². The van der Waals surface area contributed by atoms with Crippen LogP contribution in [0.25, 0.3) is 0 Å². The monoisotopic (exact) mass is 316 g/mol. The van der Waals surface area contributed by atoms with Gasteiger partial charge in [0.05, 0.1) is 19.3 Å². The van der Waals surface area contributed by atoms with Crippen molar-refractivity contribution >= 4 is 0 Å². The molecule has 0 saturated carbocycles. The molecule has 0 heterocycles. The second-order valence-corrected chi connectivity index (χ2v) is 5.79. The predicted molar refractivity (Wildman–Crippen MR) is 88.9 cm³/mol. The van der Waals surface area contributed by atoms with E-state index in [0.717, 1.165) is 11.1 Å². The van der Waals surface area contributed by atoms with Crippen LogP contribution < -0.4 is 0 Å².